The number of rotatable bonds is 9. The number of esters is 1. The summed E-state index contributed by atoms with van der Waals surface area (Å²) < 4.78 is 5.50. The van der Waals surface area contributed by atoms with Gasteiger partial charge in [-0.05, 0) is 29.9 Å². The maximum atomic E-state index is 13.4. The Bertz CT molecular complexity index is 901. The maximum Gasteiger partial charge on any atom is 0.329 e. The minimum absolute atomic E-state index is 0.0520. The van der Waals surface area contributed by atoms with Crippen LogP contribution in [0.25, 0.3) is 0 Å². The quantitative estimate of drug-likeness (QED) is 0.611. The van der Waals surface area contributed by atoms with Gasteiger partial charge in [0.05, 0.1) is 6.42 Å². The number of ether oxygens (including phenoxy) is 1. The van der Waals surface area contributed by atoms with Gasteiger partial charge in [0.15, 0.2) is 0 Å². The lowest BCUT2D eigenvalue weighted by Crippen LogP contribution is -2.54. The minimum Gasteiger partial charge on any atom is -0.459 e. The van der Waals surface area contributed by atoms with Crippen LogP contribution in [0, 0.1) is 5.92 Å². The van der Waals surface area contributed by atoms with Crippen LogP contribution < -0.4 is 5.32 Å². The fourth-order valence-corrected chi connectivity index (χ4v) is 3.97. The van der Waals surface area contributed by atoms with Crippen molar-refractivity contribution in [3.63, 3.8) is 0 Å². The molecular formula is C26H32N2O4. The van der Waals surface area contributed by atoms with E-state index in [0.717, 1.165) is 24.0 Å². The molecular weight excluding hydrogens is 404 g/mol. The summed E-state index contributed by atoms with van der Waals surface area (Å²) in [6, 6.07) is 17.7. The van der Waals surface area contributed by atoms with Gasteiger partial charge in [-0.15, -0.1) is 0 Å². The monoisotopic (exact) mass is 436 g/mol. The molecule has 1 aliphatic rings. The molecule has 0 saturated carbocycles. The van der Waals surface area contributed by atoms with E-state index >= 15 is 0 Å². The van der Waals surface area contributed by atoms with Gasteiger partial charge in [0, 0.05) is 6.54 Å². The van der Waals surface area contributed by atoms with Crippen molar-refractivity contribution in [3.8, 4) is 0 Å². The molecule has 3 rings (SSSR count). The van der Waals surface area contributed by atoms with E-state index in [1.54, 1.807) is 4.90 Å². The molecule has 2 aromatic rings. The van der Waals surface area contributed by atoms with Gasteiger partial charge < -0.3 is 15.0 Å². The largest absolute Gasteiger partial charge is 0.459 e. The van der Waals surface area contributed by atoms with Crippen LogP contribution in [-0.2, 0) is 32.1 Å². The van der Waals surface area contributed by atoms with E-state index in [-0.39, 0.29) is 30.8 Å². The van der Waals surface area contributed by atoms with E-state index in [1.165, 1.54) is 0 Å². The summed E-state index contributed by atoms with van der Waals surface area (Å²) in [5, 5.41) is 2.93. The minimum atomic E-state index is -0.668. The fraction of sp³-hybridized carbons (Fsp3) is 0.423. The molecule has 1 N–H and O–H groups in total. The average Bonchev–Trinajstić information content (AvgIpc) is 3.31. The van der Waals surface area contributed by atoms with E-state index in [4.69, 9.17) is 4.74 Å². The highest BCUT2D eigenvalue weighted by atomic mass is 16.5. The molecule has 6 heteroatoms. The Labute approximate surface area is 189 Å². The SMILES string of the molecule is CC[C@H](C)[C@H](NC(=O)Cc1ccccc1)C(=O)N1CCC[C@H]1C(=O)OCc1ccccc1. The van der Waals surface area contributed by atoms with Crippen molar-refractivity contribution in [3.05, 3.63) is 71.8 Å². The van der Waals surface area contributed by atoms with Gasteiger partial charge in [0.1, 0.15) is 18.7 Å². The first-order chi connectivity index (χ1) is 15.5. The molecule has 2 amide bonds. The lowest BCUT2D eigenvalue weighted by atomic mass is 9.97. The molecule has 1 fully saturated rings. The van der Waals surface area contributed by atoms with Gasteiger partial charge in [-0.2, -0.15) is 0 Å². The third-order valence-electron chi connectivity index (χ3n) is 6.03. The summed E-state index contributed by atoms with van der Waals surface area (Å²) in [6.45, 7) is 4.61. The van der Waals surface area contributed by atoms with E-state index in [9.17, 15) is 14.4 Å². The summed E-state index contributed by atoms with van der Waals surface area (Å²) in [6.07, 6.45) is 2.26. The second kappa shape index (κ2) is 11.5. The third-order valence-corrected chi connectivity index (χ3v) is 6.03. The Balaban J connectivity index is 1.64. The summed E-state index contributed by atoms with van der Waals surface area (Å²) in [5.41, 5.74) is 1.80. The van der Waals surface area contributed by atoms with Gasteiger partial charge in [-0.3, -0.25) is 9.59 Å². The highest BCUT2D eigenvalue weighted by molar-refractivity contribution is 5.91. The molecule has 32 heavy (non-hydrogen) atoms. The number of nitrogens with one attached hydrogen (secondary N) is 1. The van der Waals surface area contributed by atoms with E-state index in [0.29, 0.717) is 13.0 Å². The molecule has 1 saturated heterocycles. The van der Waals surface area contributed by atoms with E-state index < -0.39 is 18.1 Å². The van der Waals surface area contributed by atoms with E-state index in [1.807, 2.05) is 74.5 Å². The number of carbonyl (C=O) groups excluding carboxylic acids is 3. The predicted molar refractivity (Wildman–Crippen MR) is 123 cm³/mol. The summed E-state index contributed by atoms with van der Waals surface area (Å²) >= 11 is 0. The maximum absolute atomic E-state index is 13.4. The number of likely N-dealkylation sites (tertiary alicyclic amines) is 1. The normalized spacial score (nSPS) is 17.4. The number of hydrogen-bond acceptors (Lipinski definition) is 4. The highest BCUT2D eigenvalue weighted by Crippen LogP contribution is 2.23. The number of hydrogen-bond donors (Lipinski definition) is 1. The zero-order valence-electron chi connectivity index (χ0n) is 18.8. The van der Waals surface area contributed by atoms with Crippen LogP contribution in [-0.4, -0.2) is 41.3 Å². The Kier molecular flexibility index (Phi) is 8.42. The van der Waals surface area contributed by atoms with Crippen molar-refractivity contribution in [1.82, 2.24) is 10.2 Å². The Morgan fingerprint density at radius 3 is 2.28 bits per heavy atom. The molecule has 170 valence electrons. The first-order valence-electron chi connectivity index (χ1n) is 11.3. The fourth-order valence-electron chi connectivity index (χ4n) is 3.97. The van der Waals surface area contributed by atoms with Gasteiger partial charge in [0.25, 0.3) is 0 Å². The second-order valence-corrected chi connectivity index (χ2v) is 8.38. The Morgan fingerprint density at radius 2 is 1.66 bits per heavy atom. The zero-order valence-corrected chi connectivity index (χ0v) is 18.8. The molecule has 0 aliphatic carbocycles. The van der Waals surface area contributed by atoms with Crippen LogP contribution in [0.2, 0.25) is 0 Å². The van der Waals surface area contributed by atoms with Gasteiger partial charge in [-0.25, -0.2) is 4.79 Å². The standard InChI is InChI=1S/C26H32N2O4/c1-3-19(2)24(27-23(29)17-20-11-6-4-7-12-20)25(30)28-16-10-15-22(28)26(31)32-18-21-13-8-5-9-14-21/h4-9,11-14,19,22,24H,3,10,15-18H2,1-2H3,(H,27,29)/t19-,22-,24-/m0/s1. The van der Waals surface area contributed by atoms with Gasteiger partial charge in [0.2, 0.25) is 11.8 Å². The number of amides is 2. The molecule has 1 aliphatic heterocycles. The third kappa shape index (κ3) is 6.19. The van der Waals surface area contributed by atoms with Gasteiger partial charge >= 0.3 is 5.97 Å². The van der Waals surface area contributed by atoms with Crippen LogP contribution in [0.4, 0.5) is 0 Å². The van der Waals surface area contributed by atoms with Crippen LogP contribution in [0.1, 0.15) is 44.2 Å². The number of benzene rings is 2. The molecule has 2 aromatic carbocycles. The second-order valence-electron chi connectivity index (χ2n) is 8.38. The van der Waals surface area contributed by atoms with Crippen LogP contribution in [0.3, 0.4) is 0 Å². The lowest BCUT2D eigenvalue weighted by Gasteiger charge is -2.31. The molecule has 0 unspecified atom stereocenters. The van der Waals surface area contributed by atoms with Crippen LogP contribution >= 0.6 is 0 Å². The Hall–Kier alpha value is -3.15. The summed E-state index contributed by atoms with van der Waals surface area (Å²) in [7, 11) is 0. The molecule has 0 radical (unpaired) electrons. The molecule has 0 aromatic heterocycles. The molecule has 6 nitrogen and oxygen atoms in total. The van der Waals surface area contributed by atoms with Crippen molar-refractivity contribution in [2.24, 2.45) is 5.92 Å². The van der Waals surface area contributed by atoms with E-state index in [2.05, 4.69) is 5.32 Å². The van der Waals surface area contributed by atoms with Crippen molar-refractivity contribution in [2.75, 3.05) is 6.54 Å². The molecule has 3 atom stereocenters. The van der Waals surface area contributed by atoms with Crippen molar-refractivity contribution < 1.29 is 19.1 Å². The smallest absolute Gasteiger partial charge is 0.329 e. The van der Waals surface area contributed by atoms with Crippen molar-refractivity contribution in [2.45, 2.75) is 58.2 Å². The highest BCUT2D eigenvalue weighted by Gasteiger charge is 2.39. The summed E-state index contributed by atoms with van der Waals surface area (Å²) in [5.74, 6) is -0.848. The Morgan fingerprint density at radius 1 is 1.03 bits per heavy atom. The first kappa shape index (κ1) is 23.5. The van der Waals surface area contributed by atoms with Crippen LogP contribution in [0.5, 0.6) is 0 Å². The summed E-state index contributed by atoms with van der Waals surface area (Å²) in [4.78, 5) is 40.4. The van der Waals surface area contributed by atoms with Gasteiger partial charge in [-0.1, -0.05) is 80.9 Å². The number of nitrogens with zero attached hydrogens (tertiary/aromatic N) is 1. The van der Waals surface area contributed by atoms with Crippen LogP contribution in [0.15, 0.2) is 60.7 Å². The first-order valence-corrected chi connectivity index (χ1v) is 11.3. The molecule has 0 spiro atoms. The molecule has 1 heterocycles. The zero-order chi connectivity index (χ0) is 22.9. The lowest BCUT2D eigenvalue weighted by molar-refractivity contribution is -0.155. The average molecular weight is 437 g/mol. The van der Waals surface area contributed by atoms with Crippen molar-refractivity contribution >= 4 is 17.8 Å². The topological polar surface area (TPSA) is 75.7 Å². The van der Waals surface area contributed by atoms with Crippen molar-refractivity contribution in [1.29, 1.82) is 0 Å². The number of carbonyl (C=O) groups is 3. The predicted octanol–water partition coefficient (Wildman–Crippen LogP) is 3.49. The molecule has 0 bridgehead atoms.